The highest BCUT2D eigenvalue weighted by Crippen LogP contribution is 2.24. The lowest BCUT2D eigenvalue weighted by Gasteiger charge is -2.15. The van der Waals surface area contributed by atoms with Crippen LogP contribution in [-0.2, 0) is 19.4 Å². The van der Waals surface area contributed by atoms with Crippen molar-refractivity contribution in [2.75, 3.05) is 24.3 Å². The largest absolute Gasteiger partial charge is 0.376 e. The Bertz CT molecular complexity index is 727. The molecular formula is C18H24IN5. The van der Waals surface area contributed by atoms with Gasteiger partial charge in [-0.15, -0.1) is 24.0 Å². The molecule has 1 aromatic heterocycles. The Balaban J connectivity index is 0.00000208. The van der Waals surface area contributed by atoms with E-state index in [0.29, 0.717) is 12.5 Å². The van der Waals surface area contributed by atoms with Crippen LogP contribution < -0.4 is 16.0 Å². The molecule has 128 valence electrons. The Morgan fingerprint density at radius 2 is 2.04 bits per heavy atom. The van der Waals surface area contributed by atoms with E-state index in [-0.39, 0.29) is 24.0 Å². The lowest BCUT2D eigenvalue weighted by atomic mass is 10.1. The lowest BCUT2D eigenvalue weighted by Crippen LogP contribution is -2.23. The zero-order valence-electron chi connectivity index (χ0n) is 14.1. The van der Waals surface area contributed by atoms with Gasteiger partial charge in [0.25, 0.3) is 0 Å². The van der Waals surface area contributed by atoms with Crippen molar-refractivity contribution >= 4 is 41.3 Å². The zero-order valence-corrected chi connectivity index (χ0v) is 16.5. The molecule has 2 aromatic rings. The highest BCUT2D eigenvalue weighted by atomic mass is 127. The third-order valence-corrected chi connectivity index (χ3v) is 4.12. The summed E-state index contributed by atoms with van der Waals surface area (Å²) < 4.78 is 0. The quantitative estimate of drug-likeness (QED) is 0.438. The molecule has 0 radical (unpaired) electrons. The van der Waals surface area contributed by atoms with Crippen molar-refractivity contribution in [3.05, 3.63) is 53.3 Å². The molecule has 0 bridgehead atoms. The van der Waals surface area contributed by atoms with Crippen LogP contribution in [0, 0.1) is 0 Å². The third-order valence-electron chi connectivity index (χ3n) is 4.12. The van der Waals surface area contributed by atoms with Crippen LogP contribution in [0.2, 0.25) is 0 Å². The number of nitrogens with one attached hydrogen (secondary N) is 1. The van der Waals surface area contributed by atoms with Crippen molar-refractivity contribution in [1.82, 2.24) is 4.98 Å². The molecule has 5 nitrogen and oxygen atoms in total. The van der Waals surface area contributed by atoms with E-state index in [1.54, 1.807) is 6.20 Å². The molecule has 0 atom stereocenters. The summed E-state index contributed by atoms with van der Waals surface area (Å²) in [5.74, 6) is 0.415. The predicted molar refractivity (Wildman–Crippen MR) is 111 cm³/mol. The number of halogens is 1. The Labute approximate surface area is 160 Å². The zero-order chi connectivity index (χ0) is 16.2. The molecule has 1 aliphatic rings. The van der Waals surface area contributed by atoms with E-state index < -0.39 is 0 Å². The van der Waals surface area contributed by atoms with Gasteiger partial charge in [0.1, 0.15) is 0 Å². The highest BCUT2D eigenvalue weighted by molar-refractivity contribution is 14.0. The number of guanidine groups is 1. The van der Waals surface area contributed by atoms with Crippen molar-refractivity contribution in [3.63, 3.8) is 0 Å². The number of pyridine rings is 1. The van der Waals surface area contributed by atoms with E-state index in [1.807, 2.05) is 31.1 Å². The predicted octanol–water partition coefficient (Wildman–Crippen LogP) is 3.18. The van der Waals surface area contributed by atoms with Gasteiger partial charge in [0.15, 0.2) is 5.96 Å². The van der Waals surface area contributed by atoms with Gasteiger partial charge in [-0.2, -0.15) is 0 Å². The first-order valence-corrected chi connectivity index (χ1v) is 7.93. The summed E-state index contributed by atoms with van der Waals surface area (Å²) >= 11 is 0. The summed E-state index contributed by atoms with van der Waals surface area (Å²) in [6.07, 6.45) is 5.37. The SMILES string of the molecule is CN(C)c1cccnc1CN=C(N)Nc1ccc2c(c1)CCC2.I. The summed E-state index contributed by atoms with van der Waals surface area (Å²) in [5.41, 5.74) is 11.9. The van der Waals surface area contributed by atoms with Crippen molar-refractivity contribution in [1.29, 1.82) is 0 Å². The van der Waals surface area contributed by atoms with Gasteiger partial charge < -0.3 is 16.0 Å². The lowest BCUT2D eigenvalue weighted by molar-refractivity contribution is 0.912. The molecule has 6 heteroatoms. The van der Waals surface area contributed by atoms with E-state index in [4.69, 9.17) is 5.73 Å². The fraction of sp³-hybridized carbons (Fsp3) is 0.333. The normalized spacial score (nSPS) is 13.2. The first-order chi connectivity index (χ1) is 11.1. The van der Waals surface area contributed by atoms with Gasteiger partial charge in [0.05, 0.1) is 17.9 Å². The molecule has 0 amide bonds. The van der Waals surface area contributed by atoms with E-state index >= 15 is 0 Å². The summed E-state index contributed by atoms with van der Waals surface area (Å²) in [5, 5.41) is 3.18. The van der Waals surface area contributed by atoms with Crippen molar-refractivity contribution in [2.24, 2.45) is 10.7 Å². The molecule has 0 fully saturated rings. The summed E-state index contributed by atoms with van der Waals surface area (Å²) in [6.45, 7) is 0.456. The number of anilines is 2. The Hall–Kier alpha value is -1.83. The average Bonchev–Trinajstić information content (AvgIpc) is 3.00. The molecule has 1 aliphatic carbocycles. The topological polar surface area (TPSA) is 66.5 Å². The minimum atomic E-state index is 0. The van der Waals surface area contributed by atoms with Crippen LogP contribution >= 0.6 is 24.0 Å². The molecule has 0 saturated carbocycles. The van der Waals surface area contributed by atoms with Gasteiger partial charge in [0.2, 0.25) is 0 Å². The molecule has 0 unspecified atom stereocenters. The van der Waals surface area contributed by atoms with Crippen molar-refractivity contribution in [2.45, 2.75) is 25.8 Å². The van der Waals surface area contributed by atoms with Crippen LogP contribution in [-0.4, -0.2) is 25.0 Å². The standard InChI is InChI=1S/C18H23N5.HI/c1-23(2)17-7-4-10-20-16(17)12-21-18(19)22-15-9-8-13-5-3-6-14(13)11-15;/h4,7-11H,3,5-6,12H2,1-2H3,(H3,19,21,22);1H. The number of nitrogens with two attached hydrogens (primary N) is 1. The number of benzene rings is 1. The first kappa shape index (κ1) is 18.5. The second-order valence-corrected chi connectivity index (χ2v) is 6.03. The summed E-state index contributed by atoms with van der Waals surface area (Å²) in [6, 6.07) is 10.4. The first-order valence-electron chi connectivity index (χ1n) is 7.93. The number of hydrogen-bond donors (Lipinski definition) is 2. The Morgan fingerprint density at radius 3 is 2.83 bits per heavy atom. The molecule has 3 N–H and O–H groups in total. The molecule has 0 saturated heterocycles. The monoisotopic (exact) mass is 437 g/mol. The molecule has 0 aliphatic heterocycles. The number of fused-ring (bicyclic) bond motifs is 1. The van der Waals surface area contributed by atoms with E-state index in [2.05, 4.69) is 33.5 Å². The minimum absolute atomic E-state index is 0. The van der Waals surface area contributed by atoms with E-state index in [0.717, 1.165) is 23.5 Å². The minimum Gasteiger partial charge on any atom is -0.376 e. The maximum Gasteiger partial charge on any atom is 0.193 e. The smallest absolute Gasteiger partial charge is 0.193 e. The van der Waals surface area contributed by atoms with Crippen molar-refractivity contribution < 1.29 is 0 Å². The molecular weight excluding hydrogens is 413 g/mol. The Morgan fingerprint density at radius 1 is 1.25 bits per heavy atom. The van der Waals surface area contributed by atoms with Crippen LogP contribution in [0.1, 0.15) is 23.2 Å². The number of rotatable bonds is 4. The molecule has 1 aromatic carbocycles. The molecule has 1 heterocycles. The van der Waals surface area contributed by atoms with Gasteiger partial charge in [-0.1, -0.05) is 6.07 Å². The average molecular weight is 437 g/mol. The van der Waals surface area contributed by atoms with Crippen molar-refractivity contribution in [3.8, 4) is 0 Å². The molecule has 3 rings (SSSR count). The second kappa shape index (κ2) is 8.32. The van der Waals surface area contributed by atoms with E-state index in [9.17, 15) is 0 Å². The third kappa shape index (κ3) is 4.37. The second-order valence-electron chi connectivity index (χ2n) is 6.03. The van der Waals surface area contributed by atoms with Crippen LogP contribution in [0.5, 0.6) is 0 Å². The maximum atomic E-state index is 6.02. The number of nitrogens with zero attached hydrogens (tertiary/aromatic N) is 3. The van der Waals surface area contributed by atoms with Gasteiger partial charge in [-0.25, -0.2) is 4.99 Å². The van der Waals surface area contributed by atoms with Gasteiger partial charge in [0, 0.05) is 26.0 Å². The van der Waals surface area contributed by atoms with Crippen LogP contribution in [0.25, 0.3) is 0 Å². The van der Waals surface area contributed by atoms with Crippen LogP contribution in [0.4, 0.5) is 11.4 Å². The van der Waals surface area contributed by atoms with Gasteiger partial charge in [-0.3, -0.25) is 4.98 Å². The maximum absolute atomic E-state index is 6.02. The van der Waals surface area contributed by atoms with Crippen LogP contribution in [0.3, 0.4) is 0 Å². The summed E-state index contributed by atoms with van der Waals surface area (Å²) in [7, 11) is 3.99. The number of aryl methyl sites for hydroxylation is 2. The van der Waals surface area contributed by atoms with Gasteiger partial charge in [-0.05, 0) is 54.7 Å². The fourth-order valence-electron chi connectivity index (χ4n) is 2.96. The highest BCUT2D eigenvalue weighted by Gasteiger charge is 2.11. The van der Waals surface area contributed by atoms with E-state index in [1.165, 1.54) is 24.0 Å². The number of hydrogen-bond acceptors (Lipinski definition) is 3. The molecule has 0 spiro atoms. The van der Waals surface area contributed by atoms with Crippen LogP contribution in [0.15, 0.2) is 41.5 Å². The number of aliphatic imine (C=N–C) groups is 1. The number of aromatic nitrogens is 1. The molecule has 24 heavy (non-hydrogen) atoms. The summed E-state index contributed by atoms with van der Waals surface area (Å²) in [4.78, 5) is 10.8. The Kier molecular flexibility index (Phi) is 6.42. The fourth-order valence-corrected chi connectivity index (χ4v) is 2.96. The van der Waals surface area contributed by atoms with Gasteiger partial charge >= 0.3 is 0 Å².